The van der Waals surface area contributed by atoms with Crippen molar-refractivity contribution < 1.29 is 14.7 Å². The number of carboxylic acids is 1. The Kier molecular flexibility index (Phi) is 4.18. The highest BCUT2D eigenvalue weighted by atomic mass is 16.4. The second kappa shape index (κ2) is 6.04. The predicted octanol–water partition coefficient (Wildman–Crippen LogP) is 2.08. The van der Waals surface area contributed by atoms with E-state index in [4.69, 9.17) is 5.11 Å². The molecule has 0 spiro atoms. The average molecular weight is 285 g/mol. The molecule has 0 aliphatic heterocycles. The maximum absolute atomic E-state index is 12.0. The second-order valence-electron chi connectivity index (χ2n) is 4.62. The topological polar surface area (TPSA) is 84.2 Å². The molecule has 1 aromatic carbocycles. The molecule has 2 aromatic rings. The maximum Gasteiger partial charge on any atom is 0.328 e. The Balaban J connectivity index is 2.13. The fourth-order valence-electron chi connectivity index (χ4n) is 1.83. The minimum atomic E-state index is -0.998. The first-order chi connectivity index (χ1) is 9.95. The number of benzene rings is 1. The monoisotopic (exact) mass is 285 g/mol. The molecule has 0 radical (unpaired) electrons. The van der Waals surface area contributed by atoms with Gasteiger partial charge in [-0.15, -0.1) is 0 Å². The van der Waals surface area contributed by atoms with E-state index in [0.29, 0.717) is 11.4 Å². The second-order valence-corrected chi connectivity index (χ2v) is 4.62. The van der Waals surface area contributed by atoms with Crippen LogP contribution in [-0.2, 0) is 11.8 Å². The lowest BCUT2D eigenvalue weighted by atomic mass is 10.1. The van der Waals surface area contributed by atoms with Crippen LogP contribution in [0.25, 0.3) is 6.08 Å². The van der Waals surface area contributed by atoms with Crippen LogP contribution in [0, 0.1) is 6.92 Å². The summed E-state index contributed by atoms with van der Waals surface area (Å²) in [6.45, 7) is 1.85. The van der Waals surface area contributed by atoms with E-state index in [1.165, 1.54) is 6.08 Å². The summed E-state index contributed by atoms with van der Waals surface area (Å²) in [6.07, 6.45) is 5.78. The molecule has 2 N–H and O–H groups in total. The van der Waals surface area contributed by atoms with Gasteiger partial charge in [0.25, 0.3) is 5.91 Å². The lowest BCUT2D eigenvalue weighted by Crippen LogP contribution is -2.12. The lowest BCUT2D eigenvalue weighted by Gasteiger charge is -2.06. The van der Waals surface area contributed by atoms with Gasteiger partial charge in [-0.3, -0.25) is 4.79 Å². The van der Waals surface area contributed by atoms with Gasteiger partial charge in [0.05, 0.1) is 6.33 Å². The molecule has 0 saturated heterocycles. The van der Waals surface area contributed by atoms with Gasteiger partial charge in [0, 0.05) is 25.0 Å². The van der Waals surface area contributed by atoms with Crippen molar-refractivity contribution >= 4 is 23.6 Å². The van der Waals surface area contributed by atoms with Crippen molar-refractivity contribution in [1.29, 1.82) is 0 Å². The molecule has 6 heteroatoms. The van der Waals surface area contributed by atoms with Gasteiger partial charge in [0.1, 0.15) is 5.69 Å². The Labute approximate surface area is 121 Å². The van der Waals surface area contributed by atoms with E-state index in [1.807, 2.05) is 6.92 Å². The van der Waals surface area contributed by atoms with Crippen LogP contribution in [0.4, 0.5) is 5.69 Å². The third kappa shape index (κ3) is 3.79. The first kappa shape index (κ1) is 14.5. The molecule has 0 aliphatic carbocycles. The Morgan fingerprint density at radius 2 is 2.14 bits per heavy atom. The number of carbonyl (C=O) groups is 2. The Morgan fingerprint density at radius 3 is 2.71 bits per heavy atom. The molecule has 1 aromatic heterocycles. The number of imidazole rings is 1. The van der Waals surface area contributed by atoms with Crippen molar-refractivity contribution in [2.24, 2.45) is 7.05 Å². The number of anilines is 1. The Morgan fingerprint density at radius 1 is 1.38 bits per heavy atom. The van der Waals surface area contributed by atoms with Crippen molar-refractivity contribution in [2.75, 3.05) is 5.32 Å². The van der Waals surface area contributed by atoms with Crippen LogP contribution in [0.3, 0.4) is 0 Å². The number of hydrogen-bond acceptors (Lipinski definition) is 3. The van der Waals surface area contributed by atoms with Gasteiger partial charge in [0.15, 0.2) is 0 Å². The van der Waals surface area contributed by atoms with Gasteiger partial charge in [0.2, 0.25) is 0 Å². The fourth-order valence-corrected chi connectivity index (χ4v) is 1.83. The maximum atomic E-state index is 12.0. The van der Waals surface area contributed by atoms with Gasteiger partial charge >= 0.3 is 5.97 Å². The van der Waals surface area contributed by atoms with Crippen LogP contribution in [0.15, 0.2) is 36.8 Å². The lowest BCUT2D eigenvalue weighted by molar-refractivity contribution is -0.131. The van der Waals surface area contributed by atoms with E-state index in [0.717, 1.165) is 17.2 Å². The summed E-state index contributed by atoms with van der Waals surface area (Å²) in [5, 5.41) is 11.4. The van der Waals surface area contributed by atoms with E-state index in [1.54, 1.807) is 42.3 Å². The van der Waals surface area contributed by atoms with Crippen LogP contribution in [0.5, 0.6) is 0 Å². The molecule has 2 rings (SSSR count). The van der Waals surface area contributed by atoms with Crippen LogP contribution < -0.4 is 5.32 Å². The number of amides is 1. The molecule has 1 heterocycles. The van der Waals surface area contributed by atoms with Gasteiger partial charge in [-0.25, -0.2) is 9.78 Å². The van der Waals surface area contributed by atoms with Crippen LogP contribution >= 0.6 is 0 Å². The number of rotatable bonds is 4. The van der Waals surface area contributed by atoms with E-state index in [9.17, 15) is 9.59 Å². The summed E-state index contributed by atoms with van der Waals surface area (Å²) in [6, 6.07) is 5.25. The van der Waals surface area contributed by atoms with Crippen molar-refractivity contribution in [2.45, 2.75) is 6.92 Å². The largest absolute Gasteiger partial charge is 0.478 e. The Hall–Kier alpha value is -2.89. The zero-order valence-electron chi connectivity index (χ0n) is 11.7. The summed E-state index contributed by atoms with van der Waals surface area (Å²) in [4.78, 5) is 26.4. The number of carboxylic acid groups (broad SMARTS) is 1. The zero-order valence-corrected chi connectivity index (χ0v) is 11.7. The number of aryl methyl sites for hydroxylation is 2. The predicted molar refractivity (Wildman–Crippen MR) is 79.0 cm³/mol. The van der Waals surface area contributed by atoms with Gasteiger partial charge in [-0.2, -0.15) is 0 Å². The van der Waals surface area contributed by atoms with E-state index >= 15 is 0 Å². The summed E-state index contributed by atoms with van der Waals surface area (Å²) in [7, 11) is 1.79. The molecule has 0 fully saturated rings. The molecular formula is C15H15N3O3. The number of hydrogen-bond donors (Lipinski definition) is 2. The van der Waals surface area contributed by atoms with Crippen LogP contribution in [0.1, 0.15) is 21.6 Å². The summed E-state index contributed by atoms with van der Waals surface area (Å²) in [5.41, 5.74) is 2.63. The molecule has 21 heavy (non-hydrogen) atoms. The summed E-state index contributed by atoms with van der Waals surface area (Å²) >= 11 is 0. The number of carbonyl (C=O) groups excluding carboxylic acids is 1. The zero-order chi connectivity index (χ0) is 15.4. The summed E-state index contributed by atoms with van der Waals surface area (Å²) in [5.74, 6) is -1.29. The average Bonchev–Trinajstić information content (AvgIpc) is 2.84. The van der Waals surface area contributed by atoms with Gasteiger partial charge in [-0.1, -0.05) is 6.07 Å². The van der Waals surface area contributed by atoms with E-state index in [-0.39, 0.29) is 5.91 Å². The highest BCUT2D eigenvalue weighted by Crippen LogP contribution is 2.17. The Bertz CT molecular complexity index is 717. The molecule has 0 unspecified atom stereocenters. The molecule has 0 aliphatic rings. The number of aromatic nitrogens is 2. The van der Waals surface area contributed by atoms with Crippen molar-refractivity contribution in [1.82, 2.24) is 9.55 Å². The third-order valence-electron chi connectivity index (χ3n) is 2.87. The third-order valence-corrected chi connectivity index (χ3v) is 2.87. The SMILES string of the molecule is Cc1cc(NC(=O)c2cn(C)cn2)ccc1/C=C/C(=O)O. The minimum Gasteiger partial charge on any atom is -0.478 e. The molecule has 0 saturated carbocycles. The van der Waals surface area contributed by atoms with Crippen molar-refractivity contribution in [3.05, 3.63) is 53.6 Å². The minimum absolute atomic E-state index is 0.288. The molecule has 1 amide bonds. The highest BCUT2D eigenvalue weighted by Gasteiger charge is 2.09. The number of nitrogens with one attached hydrogen (secondary N) is 1. The normalized spacial score (nSPS) is 10.8. The number of aliphatic carboxylic acids is 1. The smallest absolute Gasteiger partial charge is 0.328 e. The van der Waals surface area contributed by atoms with E-state index < -0.39 is 5.97 Å². The molecule has 108 valence electrons. The molecule has 0 atom stereocenters. The number of nitrogens with zero attached hydrogens (tertiary/aromatic N) is 2. The standard InChI is InChI=1S/C15H15N3O3/c1-10-7-12(5-3-11(10)4-6-14(19)20)17-15(21)13-8-18(2)9-16-13/h3-9H,1-2H3,(H,17,21)(H,19,20)/b6-4+. The van der Waals surface area contributed by atoms with Crippen LogP contribution in [0.2, 0.25) is 0 Å². The quantitative estimate of drug-likeness (QED) is 0.842. The van der Waals surface area contributed by atoms with Gasteiger partial charge in [-0.05, 0) is 36.3 Å². The molecule has 0 bridgehead atoms. The van der Waals surface area contributed by atoms with Gasteiger partial charge < -0.3 is 15.0 Å². The molecule has 6 nitrogen and oxygen atoms in total. The van der Waals surface area contributed by atoms with Crippen molar-refractivity contribution in [3.8, 4) is 0 Å². The highest BCUT2D eigenvalue weighted by molar-refractivity contribution is 6.02. The molecular weight excluding hydrogens is 270 g/mol. The first-order valence-electron chi connectivity index (χ1n) is 6.26. The van der Waals surface area contributed by atoms with Crippen molar-refractivity contribution in [3.63, 3.8) is 0 Å². The van der Waals surface area contributed by atoms with Crippen LogP contribution in [-0.4, -0.2) is 26.5 Å². The van der Waals surface area contributed by atoms with E-state index in [2.05, 4.69) is 10.3 Å². The fraction of sp³-hybridized carbons (Fsp3) is 0.133. The first-order valence-corrected chi connectivity index (χ1v) is 6.26. The summed E-state index contributed by atoms with van der Waals surface area (Å²) < 4.78 is 1.69.